The van der Waals surface area contributed by atoms with Gasteiger partial charge in [0.1, 0.15) is 36.2 Å². The van der Waals surface area contributed by atoms with Gasteiger partial charge in [-0.25, -0.2) is 15.0 Å². The third kappa shape index (κ3) is 2.38. The maximum absolute atomic E-state index is 10.2. The molecule has 0 saturated carbocycles. The number of nitrogens with zero attached hydrogens (tertiary/aromatic N) is 4. The van der Waals surface area contributed by atoms with Crippen LogP contribution >= 0.6 is 0 Å². The first kappa shape index (κ1) is 15.7. The van der Waals surface area contributed by atoms with Crippen LogP contribution in [0.25, 0.3) is 11.2 Å². The molecule has 136 valence electrons. The van der Waals surface area contributed by atoms with Crippen molar-refractivity contribution in [2.75, 3.05) is 18.5 Å². The van der Waals surface area contributed by atoms with Gasteiger partial charge in [0.05, 0.1) is 25.4 Å². The standard InChI is InChI=1S/C16H17N5O5/c22-4-10-12(23)13(24)16(26-10)21-6-20-11-14(18-5-19-15(11)21)17-3-8-1-7-2-9(7)25-8/h1-2,5-7,10,12-13,16,22-24H,3-4H2,(H,17,18,19)/t7-,10-,12?,13?,16-/m1/s1. The van der Waals surface area contributed by atoms with Gasteiger partial charge in [0, 0.05) is 0 Å². The predicted octanol–water partition coefficient (Wildman–Crippen LogP) is -0.723. The van der Waals surface area contributed by atoms with Crippen LogP contribution in [0.2, 0.25) is 0 Å². The Morgan fingerprint density at radius 2 is 2.04 bits per heavy atom. The van der Waals surface area contributed by atoms with E-state index in [2.05, 4.69) is 20.3 Å². The molecule has 4 heterocycles. The van der Waals surface area contributed by atoms with E-state index < -0.39 is 31.1 Å². The molecule has 0 aromatic carbocycles. The lowest BCUT2D eigenvalue weighted by atomic mass is 10.1. The van der Waals surface area contributed by atoms with Gasteiger partial charge in [0.25, 0.3) is 0 Å². The van der Waals surface area contributed by atoms with Crippen molar-refractivity contribution in [2.45, 2.75) is 24.5 Å². The highest BCUT2D eigenvalue weighted by molar-refractivity contribution is 5.82. The maximum atomic E-state index is 10.2. The summed E-state index contributed by atoms with van der Waals surface area (Å²) in [5, 5.41) is 32.6. The highest BCUT2D eigenvalue weighted by Gasteiger charge is 2.44. The average Bonchev–Trinajstić information content (AvgIpc) is 2.98. The molecule has 0 bridgehead atoms. The van der Waals surface area contributed by atoms with Gasteiger partial charge in [-0.05, 0) is 12.2 Å². The summed E-state index contributed by atoms with van der Waals surface area (Å²) in [6, 6.07) is 0. The zero-order valence-electron chi connectivity index (χ0n) is 13.6. The Bertz CT molecular complexity index is 925. The number of anilines is 1. The van der Waals surface area contributed by atoms with Crippen LogP contribution in [0, 0.1) is 5.92 Å². The lowest BCUT2D eigenvalue weighted by Gasteiger charge is -2.16. The Hall–Kier alpha value is -2.53. The number of allylic oxidation sites excluding steroid dienone is 2. The maximum Gasteiger partial charge on any atom is 0.167 e. The molecular formula is C16H17N5O5. The molecule has 1 fully saturated rings. The van der Waals surface area contributed by atoms with Crippen molar-refractivity contribution in [2.24, 2.45) is 5.92 Å². The summed E-state index contributed by atoms with van der Waals surface area (Å²) in [6.07, 6.45) is 2.79. The Labute approximate surface area is 147 Å². The van der Waals surface area contributed by atoms with Gasteiger partial charge in [-0.1, -0.05) is 0 Å². The second-order valence-electron chi connectivity index (χ2n) is 6.46. The van der Waals surface area contributed by atoms with E-state index in [1.807, 2.05) is 12.2 Å². The van der Waals surface area contributed by atoms with Crippen LogP contribution < -0.4 is 5.32 Å². The molecule has 0 spiro atoms. The number of imidazole rings is 1. The molecule has 0 radical (unpaired) electrons. The van der Waals surface area contributed by atoms with E-state index in [0.29, 0.717) is 29.4 Å². The Morgan fingerprint density at radius 1 is 1.15 bits per heavy atom. The second kappa shape index (κ2) is 5.74. The molecule has 26 heavy (non-hydrogen) atoms. The van der Waals surface area contributed by atoms with E-state index in [4.69, 9.17) is 9.47 Å². The summed E-state index contributed by atoms with van der Waals surface area (Å²) in [6.45, 7) is 0.0797. The fourth-order valence-electron chi connectivity index (χ4n) is 3.29. The first-order chi connectivity index (χ1) is 12.7. The highest BCUT2D eigenvalue weighted by atomic mass is 16.6. The molecule has 2 aromatic heterocycles. The smallest absolute Gasteiger partial charge is 0.167 e. The Kier molecular flexibility index (Phi) is 3.47. The summed E-state index contributed by atoms with van der Waals surface area (Å²) in [7, 11) is 0. The summed E-state index contributed by atoms with van der Waals surface area (Å²) >= 11 is 0. The summed E-state index contributed by atoms with van der Waals surface area (Å²) in [5.41, 5.74) is 0.956. The minimum atomic E-state index is -1.20. The van der Waals surface area contributed by atoms with Gasteiger partial charge < -0.3 is 30.1 Å². The van der Waals surface area contributed by atoms with Crippen LogP contribution in [-0.2, 0) is 9.47 Å². The van der Waals surface area contributed by atoms with Crippen molar-refractivity contribution in [1.29, 1.82) is 0 Å². The SMILES string of the molecule is OC[C@H]1O[C@@H](n2cnc3c(NCC4=C[C@@H]5C=C5O4)ncnc32)C(O)C1O. The molecule has 10 nitrogen and oxygen atoms in total. The quantitative estimate of drug-likeness (QED) is 0.545. The van der Waals surface area contributed by atoms with Gasteiger partial charge in [-0.2, -0.15) is 0 Å². The van der Waals surface area contributed by atoms with E-state index in [1.165, 1.54) is 17.2 Å². The Morgan fingerprint density at radius 3 is 2.77 bits per heavy atom. The van der Waals surface area contributed by atoms with Gasteiger partial charge in [-0.3, -0.25) is 4.57 Å². The molecule has 3 aliphatic rings. The minimum absolute atomic E-state index is 0.350. The van der Waals surface area contributed by atoms with Crippen molar-refractivity contribution in [3.05, 3.63) is 36.3 Å². The van der Waals surface area contributed by atoms with E-state index in [1.54, 1.807) is 0 Å². The molecule has 1 saturated heterocycles. The number of ether oxygens (including phenoxy) is 2. The van der Waals surface area contributed by atoms with Gasteiger partial charge in [-0.15, -0.1) is 0 Å². The third-order valence-electron chi connectivity index (χ3n) is 4.76. The Balaban J connectivity index is 1.40. The minimum Gasteiger partial charge on any atom is -0.464 e. The fraction of sp³-hybridized carbons (Fsp3) is 0.438. The van der Waals surface area contributed by atoms with Gasteiger partial charge in [0.2, 0.25) is 0 Å². The fourth-order valence-corrected chi connectivity index (χ4v) is 3.29. The molecule has 2 aliphatic heterocycles. The first-order valence-electron chi connectivity index (χ1n) is 8.30. The van der Waals surface area contributed by atoms with E-state index in [9.17, 15) is 15.3 Å². The number of rotatable bonds is 5. The van der Waals surface area contributed by atoms with Crippen molar-refractivity contribution < 1.29 is 24.8 Å². The number of hydrogen-bond donors (Lipinski definition) is 4. The second-order valence-corrected chi connectivity index (χ2v) is 6.46. The van der Waals surface area contributed by atoms with Crippen molar-refractivity contribution in [3.63, 3.8) is 0 Å². The van der Waals surface area contributed by atoms with Crippen molar-refractivity contribution in [3.8, 4) is 0 Å². The van der Waals surface area contributed by atoms with Gasteiger partial charge >= 0.3 is 0 Å². The monoisotopic (exact) mass is 359 g/mol. The predicted molar refractivity (Wildman–Crippen MR) is 87.6 cm³/mol. The average molecular weight is 359 g/mol. The number of aliphatic hydroxyl groups excluding tert-OH is 3. The zero-order valence-corrected chi connectivity index (χ0v) is 13.6. The molecule has 4 N–H and O–H groups in total. The molecule has 10 heteroatoms. The topological polar surface area (TPSA) is 135 Å². The van der Waals surface area contributed by atoms with Crippen LogP contribution in [0.5, 0.6) is 0 Å². The van der Waals surface area contributed by atoms with E-state index in [-0.39, 0.29) is 0 Å². The lowest BCUT2D eigenvalue weighted by Crippen LogP contribution is -2.33. The number of nitrogens with one attached hydrogen (secondary N) is 1. The molecular weight excluding hydrogens is 342 g/mol. The number of aliphatic hydroxyl groups is 3. The van der Waals surface area contributed by atoms with Crippen LogP contribution in [0.4, 0.5) is 5.82 Å². The molecule has 2 aromatic rings. The van der Waals surface area contributed by atoms with Crippen LogP contribution in [0.3, 0.4) is 0 Å². The number of aromatic nitrogens is 4. The van der Waals surface area contributed by atoms with Crippen molar-refractivity contribution >= 4 is 17.0 Å². The molecule has 0 amide bonds. The number of fused-ring (bicyclic) bond motifs is 2. The van der Waals surface area contributed by atoms with Gasteiger partial charge in [0.15, 0.2) is 23.2 Å². The first-order valence-corrected chi connectivity index (χ1v) is 8.30. The van der Waals surface area contributed by atoms with Crippen molar-refractivity contribution in [1.82, 2.24) is 19.5 Å². The third-order valence-corrected chi connectivity index (χ3v) is 4.76. The lowest BCUT2D eigenvalue weighted by molar-refractivity contribution is -0.0511. The van der Waals surface area contributed by atoms with Crippen LogP contribution in [0.15, 0.2) is 36.3 Å². The molecule has 2 unspecified atom stereocenters. The molecule has 5 atom stereocenters. The highest BCUT2D eigenvalue weighted by Crippen LogP contribution is 2.40. The summed E-state index contributed by atoms with van der Waals surface area (Å²) < 4.78 is 12.7. The summed E-state index contributed by atoms with van der Waals surface area (Å²) in [4.78, 5) is 12.7. The van der Waals surface area contributed by atoms with E-state index >= 15 is 0 Å². The molecule has 5 rings (SSSR count). The normalized spacial score (nSPS) is 32.2. The van der Waals surface area contributed by atoms with E-state index in [0.717, 1.165) is 11.5 Å². The summed E-state index contributed by atoms with van der Waals surface area (Å²) in [5.74, 6) is 2.70. The van der Waals surface area contributed by atoms with Crippen LogP contribution in [-0.4, -0.2) is 66.3 Å². The molecule has 1 aliphatic carbocycles. The largest absolute Gasteiger partial charge is 0.464 e. The van der Waals surface area contributed by atoms with Crippen LogP contribution in [0.1, 0.15) is 6.23 Å². The zero-order chi connectivity index (χ0) is 17.8. The number of hydrogen-bond acceptors (Lipinski definition) is 9.